The summed E-state index contributed by atoms with van der Waals surface area (Å²) in [5.74, 6) is 1.72. The highest BCUT2D eigenvalue weighted by molar-refractivity contribution is 7.80. The van der Waals surface area contributed by atoms with E-state index >= 15 is 0 Å². The van der Waals surface area contributed by atoms with Crippen LogP contribution >= 0.6 is 12.6 Å². The second-order valence-electron chi connectivity index (χ2n) is 5.51. The lowest BCUT2D eigenvalue weighted by atomic mass is 9.79. The van der Waals surface area contributed by atoms with Crippen molar-refractivity contribution < 1.29 is 4.74 Å². The van der Waals surface area contributed by atoms with Crippen molar-refractivity contribution in [3.05, 3.63) is 28.3 Å². The molecule has 0 aliphatic rings. The number of rotatable bonds is 5. The van der Waals surface area contributed by atoms with E-state index in [4.69, 9.17) is 4.74 Å². The van der Waals surface area contributed by atoms with Crippen LogP contribution in [0, 0.1) is 20.8 Å². The van der Waals surface area contributed by atoms with Gasteiger partial charge in [0, 0.05) is 23.4 Å². The molecular weight excluding hydrogens is 242 g/mol. The van der Waals surface area contributed by atoms with Crippen molar-refractivity contribution in [1.82, 2.24) is 5.32 Å². The number of nitrogens with one attached hydrogen (secondary N) is 1. The number of benzene rings is 1. The van der Waals surface area contributed by atoms with E-state index in [0.29, 0.717) is 5.88 Å². The van der Waals surface area contributed by atoms with Crippen LogP contribution < -0.4 is 10.1 Å². The smallest absolute Gasteiger partial charge is 0.126 e. The Balaban J connectivity index is 3.34. The van der Waals surface area contributed by atoms with E-state index in [1.165, 1.54) is 22.3 Å². The number of thiol groups is 1. The van der Waals surface area contributed by atoms with Crippen LogP contribution in [-0.4, -0.2) is 19.5 Å². The van der Waals surface area contributed by atoms with Crippen molar-refractivity contribution in [2.45, 2.75) is 40.0 Å². The van der Waals surface area contributed by atoms with Crippen molar-refractivity contribution in [1.29, 1.82) is 0 Å². The van der Waals surface area contributed by atoms with E-state index in [0.717, 1.165) is 12.3 Å². The Labute approximate surface area is 117 Å². The van der Waals surface area contributed by atoms with E-state index in [2.05, 4.69) is 58.6 Å². The molecule has 0 radical (unpaired) electrons. The van der Waals surface area contributed by atoms with Crippen LogP contribution in [0.2, 0.25) is 0 Å². The third-order valence-electron chi connectivity index (χ3n) is 3.55. The molecule has 0 aliphatic carbocycles. The second kappa shape index (κ2) is 5.98. The van der Waals surface area contributed by atoms with E-state index in [-0.39, 0.29) is 5.41 Å². The quantitative estimate of drug-likeness (QED) is 0.630. The summed E-state index contributed by atoms with van der Waals surface area (Å²) < 4.78 is 5.66. The lowest BCUT2D eigenvalue weighted by Crippen LogP contribution is -2.33. The van der Waals surface area contributed by atoms with Gasteiger partial charge in [-0.15, -0.1) is 0 Å². The highest BCUT2D eigenvalue weighted by Crippen LogP contribution is 2.37. The molecule has 0 saturated heterocycles. The van der Waals surface area contributed by atoms with Gasteiger partial charge in [-0.2, -0.15) is 12.6 Å². The van der Waals surface area contributed by atoms with Crippen LogP contribution in [0.1, 0.15) is 36.1 Å². The first kappa shape index (κ1) is 15.4. The number of ether oxygens (including phenoxy) is 1. The van der Waals surface area contributed by atoms with E-state index in [9.17, 15) is 0 Å². The molecule has 2 nitrogen and oxygen atoms in total. The van der Waals surface area contributed by atoms with Crippen LogP contribution in [0.4, 0.5) is 0 Å². The average molecular weight is 267 g/mol. The summed E-state index contributed by atoms with van der Waals surface area (Å²) in [6.07, 6.45) is 0. The van der Waals surface area contributed by atoms with Gasteiger partial charge in [0.15, 0.2) is 0 Å². The maximum atomic E-state index is 5.66. The van der Waals surface area contributed by atoms with Gasteiger partial charge >= 0.3 is 0 Å². The summed E-state index contributed by atoms with van der Waals surface area (Å²) in [5.41, 5.74) is 5.13. The Hall–Kier alpha value is -0.670. The van der Waals surface area contributed by atoms with Crippen LogP contribution in [0.3, 0.4) is 0 Å². The Morgan fingerprint density at radius 3 is 2.33 bits per heavy atom. The Morgan fingerprint density at radius 1 is 1.22 bits per heavy atom. The summed E-state index contributed by atoms with van der Waals surface area (Å²) in [4.78, 5) is 0. The minimum Gasteiger partial charge on any atom is -0.496 e. The molecule has 0 bridgehead atoms. The molecule has 1 aromatic carbocycles. The minimum absolute atomic E-state index is 0.0244. The average Bonchev–Trinajstić information content (AvgIpc) is 2.30. The summed E-state index contributed by atoms with van der Waals surface area (Å²) in [5, 5.41) is 3.31. The van der Waals surface area contributed by atoms with Gasteiger partial charge in [-0.1, -0.05) is 19.9 Å². The highest BCUT2D eigenvalue weighted by Gasteiger charge is 2.27. The monoisotopic (exact) mass is 267 g/mol. The molecule has 3 heteroatoms. The van der Waals surface area contributed by atoms with Crippen molar-refractivity contribution in [3.63, 3.8) is 0 Å². The first-order valence-electron chi connectivity index (χ1n) is 6.32. The van der Waals surface area contributed by atoms with Gasteiger partial charge in [-0.25, -0.2) is 0 Å². The molecule has 1 N–H and O–H groups in total. The lowest BCUT2D eigenvalue weighted by molar-refractivity contribution is 0.384. The van der Waals surface area contributed by atoms with Gasteiger partial charge in [-0.05, 0) is 37.5 Å². The molecule has 0 aromatic heterocycles. The topological polar surface area (TPSA) is 21.3 Å². The van der Waals surface area contributed by atoms with Gasteiger partial charge in [0.25, 0.3) is 0 Å². The zero-order valence-corrected chi connectivity index (χ0v) is 13.2. The van der Waals surface area contributed by atoms with Crippen molar-refractivity contribution in [2.24, 2.45) is 0 Å². The third-order valence-corrected chi connectivity index (χ3v) is 3.77. The molecule has 18 heavy (non-hydrogen) atoms. The predicted molar refractivity (Wildman–Crippen MR) is 82.1 cm³/mol. The fourth-order valence-electron chi connectivity index (χ4n) is 2.60. The molecule has 0 saturated carbocycles. The molecule has 0 atom stereocenters. The molecule has 0 aliphatic heterocycles. The molecular formula is C15H25NOS. The summed E-state index contributed by atoms with van der Waals surface area (Å²) in [6, 6.07) is 2.25. The van der Waals surface area contributed by atoms with Gasteiger partial charge in [0.2, 0.25) is 0 Å². The van der Waals surface area contributed by atoms with E-state index < -0.39 is 0 Å². The summed E-state index contributed by atoms with van der Waals surface area (Å²) >= 11 is 4.21. The SMILES string of the molecule is COc1c(C)c(C)cc(C)c1C(C)(C)CNCS. The van der Waals surface area contributed by atoms with Gasteiger partial charge in [0.05, 0.1) is 7.11 Å². The van der Waals surface area contributed by atoms with Gasteiger partial charge < -0.3 is 10.1 Å². The Bertz CT molecular complexity index is 427. The maximum Gasteiger partial charge on any atom is 0.126 e. The Morgan fingerprint density at radius 2 is 1.83 bits per heavy atom. The second-order valence-corrected chi connectivity index (χ2v) is 5.83. The fraction of sp³-hybridized carbons (Fsp3) is 0.600. The van der Waals surface area contributed by atoms with E-state index in [1.54, 1.807) is 7.11 Å². The van der Waals surface area contributed by atoms with Crippen LogP contribution in [0.25, 0.3) is 0 Å². The summed E-state index contributed by atoms with van der Waals surface area (Å²) in [7, 11) is 1.76. The molecule has 0 fully saturated rings. The van der Waals surface area contributed by atoms with Gasteiger partial charge in [0.1, 0.15) is 5.75 Å². The zero-order valence-electron chi connectivity index (χ0n) is 12.3. The zero-order chi connectivity index (χ0) is 13.9. The number of aryl methyl sites for hydroxylation is 2. The molecule has 1 aromatic rings. The largest absolute Gasteiger partial charge is 0.496 e. The van der Waals surface area contributed by atoms with Crippen LogP contribution in [-0.2, 0) is 5.41 Å². The first-order valence-corrected chi connectivity index (χ1v) is 6.95. The predicted octanol–water partition coefficient (Wildman–Crippen LogP) is 3.37. The van der Waals surface area contributed by atoms with Crippen molar-refractivity contribution >= 4 is 12.6 Å². The normalized spacial score (nSPS) is 11.7. The van der Waals surface area contributed by atoms with E-state index in [1.807, 2.05) is 0 Å². The summed E-state index contributed by atoms with van der Waals surface area (Å²) in [6.45, 7) is 11.8. The Kier molecular flexibility index (Phi) is 5.11. The third kappa shape index (κ3) is 3.01. The maximum absolute atomic E-state index is 5.66. The number of hydrogen-bond donors (Lipinski definition) is 2. The van der Waals surface area contributed by atoms with Crippen molar-refractivity contribution in [2.75, 3.05) is 19.5 Å². The first-order chi connectivity index (χ1) is 8.35. The minimum atomic E-state index is 0.0244. The molecule has 102 valence electrons. The molecule has 0 heterocycles. The lowest BCUT2D eigenvalue weighted by Gasteiger charge is -2.30. The van der Waals surface area contributed by atoms with Crippen molar-refractivity contribution in [3.8, 4) is 5.75 Å². The highest BCUT2D eigenvalue weighted by atomic mass is 32.1. The molecule has 0 amide bonds. The molecule has 1 rings (SSSR count). The van der Waals surface area contributed by atoms with Crippen LogP contribution in [0.5, 0.6) is 5.75 Å². The molecule has 0 spiro atoms. The number of hydrogen-bond acceptors (Lipinski definition) is 3. The number of methoxy groups -OCH3 is 1. The standard InChI is InChI=1S/C15H25NOS/c1-10-7-11(2)13(14(17-6)12(10)3)15(4,5)8-16-9-18/h7,16,18H,8-9H2,1-6H3. The van der Waals surface area contributed by atoms with Crippen LogP contribution in [0.15, 0.2) is 6.07 Å². The molecule has 0 unspecified atom stereocenters. The van der Waals surface area contributed by atoms with Gasteiger partial charge in [-0.3, -0.25) is 0 Å². The fourth-order valence-corrected chi connectivity index (χ4v) is 2.72.